The zero-order valence-electron chi connectivity index (χ0n) is 54.0. The first-order chi connectivity index (χ1) is 40.5. The van der Waals surface area contributed by atoms with Gasteiger partial charge in [0.15, 0.2) is 6.10 Å². The van der Waals surface area contributed by atoms with E-state index in [2.05, 4.69) is 130 Å². The number of unbranched alkanes of at least 4 members (excludes halogenated alkanes) is 34. The molecule has 1 atom stereocenters. The lowest BCUT2D eigenvalue weighted by atomic mass is 10.0. The third-order valence-corrected chi connectivity index (χ3v) is 15.0. The molecule has 0 heterocycles. The van der Waals surface area contributed by atoms with Crippen molar-refractivity contribution in [3.63, 3.8) is 0 Å². The van der Waals surface area contributed by atoms with E-state index >= 15 is 0 Å². The lowest BCUT2D eigenvalue weighted by Gasteiger charge is -2.18. The minimum atomic E-state index is -0.790. The molecule has 0 amide bonds. The highest BCUT2D eigenvalue weighted by Gasteiger charge is 2.19. The van der Waals surface area contributed by atoms with Crippen LogP contribution in [0.15, 0.2) is 109 Å². The van der Waals surface area contributed by atoms with Gasteiger partial charge in [-0.15, -0.1) is 0 Å². The molecule has 0 aromatic carbocycles. The second kappa shape index (κ2) is 69.6. The van der Waals surface area contributed by atoms with E-state index in [1.54, 1.807) is 0 Å². The van der Waals surface area contributed by atoms with Crippen molar-refractivity contribution in [1.82, 2.24) is 0 Å². The summed E-state index contributed by atoms with van der Waals surface area (Å²) in [7, 11) is 0. The molecule has 0 aliphatic rings. The predicted molar refractivity (Wildman–Crippen MR) is 357 cm³/mol. The number of ether oxygens (including phenoxy) is 3. The van der Waals surface area contributed by atoms with Crippen molar-refractivity contribution in [3.8, 4) is 0 Å². The summed E-state index contributed by atoms with van der Waals surface area (Å²) in [6.07, 6.45) is 95.4. The second-order valence-electron chi connectivity index (χ2n) is 23.1. The van der Waals surface area contributed by atoms with Crippen LogP contribution >= 0.6 is 0 Å². The fourth-order valence-electron chi connectivity index (χ4n) is 9.77. The van der Waals surface area contributed by atoms with Crippen molar-refractivity contribution in [1.29, 1.82) is 0 Å². The summed E-state index contributed by atoms with van der Waals surface area (Å²) in [4.78, 5) is 38.4. The molecule has 0 spiro atoms. The predicted octanol–water partition coefficient (Wildman–Crippen LogP) is 24.2. The third kappa shape index (κ3) is 66.9. The average molecular weight is 1140 g/mol. The van der Waals surface area contributed by atoms with Gasteiger partial charge in [0, 0.05) is 19.3 Å². The van der Waals surface area contributed by atoms with Crippen molar-refractivity contribution in [2.45, 2.75) is 341 Å². The van der Waals surface area contributed by atoms with E-state index < -0.39 is 6.10 Å². The van der Waals surface area contributed by atoms with Crippen molar-refractivity contribution in [2.24, 2.45) is 0 Å². The van der Waals surface area contributed by atoms with Crippen molar-refractivity contribution < 1.29 is 28.6 Å². The van der Waals surface area contributed by atoms with Crippen LogP contribution in [0.3, 0.4) is 0 Å². The molecule has 0 aliphatic heterocycles. The van der Waals surface area contributed by atoms with Gasteiger partial charge < -0.3 is 14.2 Å². The molecule has 1 unspecified atom stereocenters. The minimum absolute atomic E-state index is 0.0847. The second-order valence-corrected chi connectivity index (χ2v) is 23.1. The lowest BCUT2D eigenvalue weighted by Crippen LogP contribution is -2.30. The first kappa shape index (κ1) is 78.1. The van der Waals surface area contributed by atoms with Gasteiger partial charge in [-0.1, -0.05) is 297 Å². The number of carbonyl (C=O) groups excluding carboxylic acids is 3. The Morgan fingerprint density at radius 1 is 0.256 bits per heavy atom. The number of allylic oxidation sites excluding steroid dienone is 18. The smallest absolute Gasteiger partial charge is 0.306 e. The lowest BCUT2D eigenvalue weighted by molar-refractivity contribution is -0.167. The van der Waals surface area contributed by atoms with Gasteiger partial charge in [0.25, 0.3) is 0 Å². The van der Waals surface area contributed by atoms with Crippen molar-refractivity contribution >= 4 is 17.9 Å². The number of hydrogen-bond acceptors (Lipinski definition) is 6. The Morgan fingerprint density at radius 3 is 0.768 bits per heavy atom. The summed E-state index contributed by atoms with van der Waals surface area (Å²) in [5.41, 5.74) is 0. The van der Waals surface area contributed by atoms with Crippen LogP contribution in [0, 0.1) is 0 Å². The Labute approximate surface area is 508 Å². The fourth-order valence-corrected chi connectivity index (χ4v) is 9.77. The van der Waals surface area contributed by atoms with Crippen LogP contribution in [0.2, 0.25) is 0 Å². The summed E-state index contributed by atoms with van der Waals surface area (Å²) < 4.78 is 16.9. The maximum Gasteiger partial charge on any atom is 0.306 e. The Balaban J connectivity index is 4.24. The van der Waals surface area contributed by atoms with Crippen LogP contribution in [0.5, 0.6) is 0 Å². The van der Waals surface area contributed by atoms with Gasteiger partial charge >= 0.3 is 17.9 Å². The average Bonchev–Trinajstić information content (AvgIpc) is 3.47. The highest BCUT2D eigenvalue weighted by molar-refractivity contribution is 5.71. The zero-order chi connectivity index (χ0) is 59.2. The number of hydrogen-bond donors (Lipinski definition) is 0. The van der Waals surface area contributed by atoms with Crippen LogP contribution in [-0.4, -0.2) is 37.2 Å². The largest absolute Gasteiger partial charge is 0.462 e. The number of esters is 3. The van der Waals surface area contributed by atoms with Gasteiger partial charge in [-0.2, -0.15) is 0 Å². The first-order valence-electron chi connectivity index (χ1n) is 34.9. The summed E-state index contributed by atoms with van der Waals surface area (Å²) in [6.45, 7) is 6.51. The fraction of sp³-hybridized carbons (Fsp3) is 0.724. The zero-order valence-corrected chi connectivity index (χ0v) is 54.0. The van der Waals surface area contributed by atoms with Crippen LogP contribution in [0.4, 0.5) is 0 Å². The molecule has 0 rings (SSSR count). The quantitative estimate of drug-likeness (QED) is 0.0261. The molecule has 0 fully saturated rings. The van der Waals surface area contributed by atoms with Crippen LogP contribution in [0.1, 0.15) is 335 Å². The van der Waals surface area contributed by atoms with E-state index in [0.29, 0.717) is 19.3 Å². The Morgan fingerprint density at radius 2 is 0.476 bits per heavy atom. The molecular formula is C76H130O6. The molecular weight excluding hydrogens is 1010 g/mol. The molecule has 0 bridgehead atoms. The molecule has 0 saturated heterocycles. The van der Waals surface area contributed by atoms with Crippen molar-refractivity contribution in [2.75, 3.05) is 13.2 Å². The monoisotopic (exact) mass is 1140 g/mol. The van der Waals surface area contributed by atoms with Gasteiger partial charge in [0.05, 0.1) is 0 Å². The Bertz CT molecular complexity index is 1640. The minimum Gasteiger partial charge on any atom is -0.462 e. The molecule has 0 radical (unpaired) electrons. The molecule has 0 aromatic heterocycles. The maximum atomic E-state index is 12.9. The van der Waals surface area contributed by atoms with E-state index in [9.17, 15) is 14.4 Å². The van der Waals surface area contributed by atoms with E-state index in [1.807, 2.05) is 0 Å². The summed E-state index contributed by atoms with van der Waals surface area (Å²) in [5, 5.41) is 0. The molecule has 0 aliphatic carbocycles. The standard InChI is InChI=1S/C76H130O6/c1-4-7-10-13-16-19-22-25-28-30-31-32-33-34-35-36-37-38-39-40-41-42-43-44-45-46-49-51-54-57-60-63-66-69-75(78)81-72-73(71-80-74(77)68-65-62-59-56-53-50-47-27-24-21-18-15-12-9-6-3)82-76(79)70-67-64-61-58-55-52-48-29-26-23-20-17-14-11-8-5-2/h7,10,16,19-20,23,25,27-29,31-32,34-35,37-38,47-48,73H,4-6,8-9,11-15,17-18,21-22,24,26,30,33,36,39-46,49-72H2,1-3H3/b10-7-,19-16-,23-20-,28-25-,32-31-,35-34-,38-37-,47-27-,48-29-. The maximum absolute atomic E-state index is 12.9. The molecule has 470 valence electrons. The molecule has 0 aromatic rings. The SMILES string of the molecule is CC/C=C\C/C=C\C/C=C\C/C=C\C/C=C\C/C=C\CCCCCCCCCCCCCCCCC(=O)OCC(COC(=O)CCCCCCC/C=C\CCCCCCCC)OC(=O)CCCCCCC/C=C\C/C=C\CCCCCC. The molecule has 82 heavy (non-hydrogen) atoms. The molecule has 0 N–H and O–H groups in total. The van der Waals surface area contributed by atoms with Gasteiger partial charge in [-0.25, -0.2) is 0 Å². The van der Waals surface area contributed by atoms with E-state index in [4.69, 9.17) is 14.2 Å². The summed E-state index contributed by atoms with van der Waals surface area (Å²) >= 11 is 0. The van der Waals surface area contributed by atoms with Gasteiger partial charge in [-0.3, -0.25) is 14.4 Å². The first-order valence-corrected chi connectivity index (χ1v) is 34.9. The topological polar surface area (TPSA) is 78.9 Å². The van der Waals surface area contributed by atoms with Crippen LogP contribution in [-0.2, 0) is 28.6 Å². The van der Waals surface area contributed by atoms with Crippen LogP contribution in [0.25, 0.3) is 0 Å². The van der Waals surface area contributed by atoms with Gasteiger partial charge in [0.1, 0.15) is 13.2 Å². The van der Waals surface area contributed by atoms with Crippen molar-refractivity contribution in [3.05, 3.63) is 109 Å². The summed E-state index contributed by atoms with van der Waals surface area (Å²) in [6, 6.07) is 0. The molecule has 6 nitrogen and oxygen atoms in total. The highest BCUT2D eigenvalue weighted by Crippen LogP contribution is 2.16. The molecule has 6 heteroatoms. The third-order valence-electron chi connectivity index (χ3n) is 15.0. The Kier molecular flexibility index (Phi) is 66.2. The summed E-state index contributed by atoms with van der Waals surface area (Å²) in [5.74, 6) is -0.895. The number of carbonyl (C=O) groups is 3. The number of rotatable bonds is 63. The van der Waals surface area contributed by atoms with Gasteiger partial charge in [-0.05, 0) is 128 Å². The van der Waals surface area contributed by atoms with E-state index in [-0.39, 0.29) is 31.1 Å². The normalized spacial score (nSPS) is 12.8. The molecule has 0 saturated carbocycles. The Hall–Kier alpha value is -3.93. The van der Waals surface area contributed by atoms with Gasteiger partial charge in [0.2, 0.25) is 0 Å². The van der Waals surface area contributed by atoms with E-state index in [0.717, 1.165) is 128 Å². The van der Waals surface area contributed by atoms with E-state index in [1.165, 1.54) is 167 Å². The highest BCUT2D eigenvalue weighted by atomic mass is 16.6. The van der Waals surface area contributed by atoms with Crippen LogP contribution < -0.4 is 0 Å².